The van der Waals surface area contributed by atoms with Crippen molar-refractivity contribution in [3.8, 4) is 0 Å². The van der Waals surface area contributed by atoms with Gasteiger partial charge in [0.15, 0.2) is 5.16 Å². The fraction of sp³-hybridized carbons (Fsp3) is 0.308. The Kier molecular flexibility index (Phi) is 6.88. The van der Waals surface area contributed by atoms with E-state index in [0.29, 0.717) is 28.4 Å². The molecule has 2 aromatic carbocycles. The molecule has 0 aliphatic rings. The zero-order valence-electron chi connectivity index (χ0n) is 19.9. The summed E-state index contributed by atoms with van der Waals surface area (Å²) >= 11 is 1.30. The van der Waals surface area contributed by atoms with Crippen LogP contribution in [0.1, 0.15) is 50.7 Å². The molecule has 0 bridgehead atoms. The van der Waals surface area contributed by atoms with Gasteiger partial charge in [-0.1, -0.05) is 75.9 Å². The van der Waals surface area contributed by atoms with Gasteiger partial charge in [-0.15, -0.1) is 16.8 Å². The molecule has 0 saturated carbocycles. The zero-order chi connectivity index (χ0) is 24.4. The van der Waals surface area contributed by atoms with E-state index in [1.165, 1.54) is 11.8 Å². The zero-order valence-corrected chi connectivity index (χ0v) is 20.7. The second-order valence-electron chi connectivity index (χ2n) is 8.80. The molecule has 0 spiro atoms. The highest BCUT2D eigenvalue weighted by atomic mass is 32.2. The lowest BCUT2D eigenvalue weighted by Gasteiger charge is -2.20. The molecule has 2 aromatic heterocycles. The molecule has 0 radical (unpaired) electrons. The number of anilines is 1. The summed E-state index contributed by atoms with van der Waals surface area (Å²) in [5, 5.41) is 12.8. The van der Waals surface area contributed by atoms with Crippen molar-refractivity contribution in [3.63, 3.8) is 0 Å². The van der Waals surface area contributed by atoms with Crippen LogP contribution in [0.2, 0.25) is 0 Å². The molecule has 0 aliphatic heterocycles. The molecule has 4 aromatic rings. The van der Waals surface area contributed by atoms with E-state index in [2.05, 4.69) is 61.9 Å². The summed E-state index contributed by atoms with van der Waals surface area (Å²) in [5.74, 6) is 1.06. The minimum absolute atomic E-state index is 0.111. The number of hydrogen-bond donors (Lipinski definition) is 1. The van der Waals surface area contributed by atoms with Crippen molar-refractivity contribution in [2.75, 3.05) is 11.1 Å². The van der Waals surface area contributed by atoms with Gasteiger partial charge in [-0.05, 0) is 35.1 Å². The van der Waals surface area contributed by atoms with Crippen molar-refractivity contribution < 1.29 is 4.79 Å². The van der Waals surface area contributed by atoms with Crippen LogP contribution in [0.4, 0.5) is 5.69 Å². The third-order valence-electron chi connectivity index (χ3n) is 5.76. The maximum Gasteiger partial charge on any atom is 0.263 e. The molecule has 0 unspecified atom stereocenters. The highest BCUT2D eigenvalue weighted by Gasteiger charge is 2.19. The number of nitrogens with one attached hydrogen (secondary N) is 1. The third-order valence-corrected chi connectivity index (χ3v) is 6.69. The van der Waals surface area contributed by atoms with Crippen LogP contribution in [0.15, 0.2) is 65.1 Å². The predicted octanol–water partition coefficient (Wildman–Crippen LogP) is 5.21. The number of rotatable bonds is 8. The summed E-state index contributed by atoms with van der Waals surface area (Å²) in [6.07, 6.45) is 1.66. The Morgan fingerprint density at radius 3 is 2.38 bits per heavy atom. The number of hydrogen-bond acceptors (Lipinski definition) is 5. The minimum atomic E-state index is -0.142. The van der Waals surface area contributed by atoms with E-state index in [-0.39, 0.29) is 29.1 Å². The van der Waals surface area contributed by atoms with Gasteiger partial charge in [0.1, 0.15) is 0 Å². The largest absolute Gasteiger partial charge is 0.325 e. The fourth-order valence-corrected chi connectivity index (χ4v) is 4.86. The molecule has 7 nitrogen and oxygen atoms in total. The van der Waals surface area contributed by atoms with Crippen LogP contribution in [-0.4, -0.2) is 30.8 Å². The monoisotopic (exact) mass is 475 g/mol. The average Bonchev–Trinajstić information content (AvgIpc) is 3.24. The Morgan fingerprint density at radius 1 is 1.06 bits per heavy atom. The van der Waals surface area contributed by atoms with Gasteiger partial charge >= 0.3 is 0 Å². The Labute approximate surface area is 202 Å². The molecule has 2 heterocycles. The van der Waals surface area contributed by atoms with Gasteiger partial charge in [0, 0.05) is 12.2 Å². The van der Waals surface area contributed by atoms with Gasteiger partial charge < -0.3 is 5.32 Å². The van der Waals surface area contributed by atoms with Crippen molar-refractivity contribution in [2.45, 2.75) is 51.2 Å². The summed E-state index contributed by atoms with van der Waals surface area (Å²) < 4.78 is 3.38. The number of amides is 1. The van der Waals surface area contributed by atoms with Crippen molar-refractivity contribution in [2.24, 2.45) is 0 Å². The van der Waals surface area contributed by atoms with Gasteiger partial charge in [0.25, 0.3) is 5.56 Å². The molecule has 0 fully saturated rings. The number of thioether (sulfide) groups is 1. The number of fused-ring (bicyclic) bond motifs is 3. The van der Waals surface area contributed by atoms with E-state index in [1.54, 1.807) is 16.7 Å². The first-order valence-electron chi connectivity index (χ1n) is 11.4. The summed E-state index contributed by atoms with van der Waals surface area (Å²) in [4.78, 5) is 26.0. The summed E-state index contributed by atoms with van der Waals surface area (Å²) in [7, 11) is 0. The first-order chi connectivity index (χ1) is 16.3. The lowest BCUT2D eigenvalue weighted by Crippen LogP contribution is -2.23. The molecular weight excluding hydrogens is 446 g/mol. The van der Waals surface area contributed by atoms with Gasteiger partial charge in [0.05, 0.1) is 16.7 Å². The summed E-state index contributed by atoms with van der Waals surface area (Å²) in [5.41, 5.74) is 3.71. The number of carbonyl (C=O) groups is 1. The maximum atomic E-state index is 13.0. The first-order valence-corrected chi connectivity index (χ1v) is 12.3. The van der Waals surface area contributed by atoms with Gasteiger partial charge in [0.2, 0.25) is 11.7 Å². The van der Waals surface area contributed by atoms with Crippen LogP contribution in [0, 0.1) is 0 Å². The van der Waals surface area contributed by atoms with E-state index < -0.39 is 0 Å². The second kappa shape index (κ2) is 9.85. The predicted molar refractivity (Wildman–Crippen MR) is 139 cm³/mol. The second-order valence-corrected chi connectivity index (χ2v) is 9.74. The molecule has 8 heteroatoms. The topological polar surface area (TPSA) is 81.3 Å². The Morgan fingerprint density at radius 2 is 1.74 bits per heavy atom. The van der Waals surface area contributed by atoms with Crippen LogP contribution in [-0.2, 0) is 11.3 Å². The standard InChI is InChI=1S/C26H29N5O2S/c1-6-14-30-24(33)20-10-7-8-13-21(20)31-25(30)28-29-26(31)34-15-22(32)27-23-18(16(2)3)11-9-12-19(23)17(4)5/h6-13,16-17H,1,14-15H2,2-5H3,(H,27,32). The average molecular weight is 476 g/mol. The van der Waals surface area contributed by atoms with Crippen LogP contribution in [0.5, 0.6) is 0 Å². The lowest BCUT2D eigenvalue weighted by molar-refractivity contribution is -0.113. The SMILES string of the molecule is C=CCn1c(=O)c2ccccc2n2c(SCC(=O)Nc3c(C(C)C)cccc3C(C)C)nnc12. The van der Waals surface area contributed by atoms with Crippen LogP contribution < -0.4 is 10.9 Å². The number of benzene rings is 2. The van der Waals surface area contributed by atoms with Crippen molar-refractivity contribution >= 4 is 40.0 Å². The highest BCUT2D eigenvalue weighted by molar-refractivity contribution is 7.99. The van der Waals surface area contributed by atoms with E-state index >= 15 is 0 Å². The van der Waals surface area contributed by atoms with E-state index in [9.17, 15) is 9.59 Å². The Bertz CT molecular complexity index is 1410. The number of carbonyl (C=O) groups excluding carboxylic acids is 1. The Hall–Kier alpha value is -3.39. The number of para-hydroxylation sites is 2. The van der Waals surface area contributed by atoms with E-state index in [1.807, 2.05) is 28.7 Å². The molecule has 0 saturated heterocycles. The smallest absolute Gasteiger partial charge is 0.263 e. The number of nitrogens with zero attached hydrogens (tertiary/aromatic N) is 4. The van der Waals surface area contributed by atoms with Gasteiger partial charge in [-0.25, -0.2) is 0 Å². The van der Waals surface area contributed by atoms with E-state index in [4.69, 9.17) is 0 Å². The van der Waals surface area contributed by atoms with Crippen LogP contribution in [0.3, 0.4) is 0 Å². The van der Waals surface area contributed by atoms with Gasteiger partial charge in [-0.2, -0.15) is 0 Å². The maximum absolute atomic E-state index is 13.0. The minimum Gasteiger partial charge on any atom is -0.325 e. The molecular formula is C26H29N5O2S. The molecule has 0 aliphatic carbocycles. The molecule has 34 heavy (non-hydrogen) atoms. The third kappa shape index (κ3) is 4.37. The molecule has 1 amide bonds. The number of aromatic nitrogens is 4. The Balaban J connectivity index is 1.66. The van der Waals surface area contributed by atoms with Crippen molar-refractivity contribution in [1.82, 2.24) is 19.2 Å². The molecule has 0 atom stereocenters. The van der Waals surface area contributed by atoms with Crippen molar-refractivity contribution in [3.05, 3.63) is 76.6 Å². The van der Waals surface area contributed by atoms with Crippen molar-refractivity contribution in [1.29, 1.82) is 0 Å². The fourth-order valence-electron chi connectivity index (χ4n) is 4.12. The summed E-state index contributed by atoms with van der Waals surface area (Å²) in [6, 6.07) is 13.5. The molecule has 176 valence electrons. The van der Waals surface area contributed by atoms with Gasteiger partial charge in [-0.3, -0.25) is 18.6 Å². The molecule has 4 rings (SSSR count). The quantitative estimate of drug-likeness (QED) is 0.280. The lowest BCUT2D eigenvalue weighted by atomic mass is 9.92. The normalized spacial score (nSPS) is 11.6. The number of allylic oxidation sites excluding steroid dienone is 1. The highest BCUT2D eigenvalue weighted by Crippen LogP contribution is 2.32. The molecule has 1 N–H and O–H groups in total. The summed E-state index contributed by atoms with van der Waals surface area (Å²) in [6.45, 7) is 12.6. The van der Waals surface area contributed by atoms with Crippen LogP contribution >= 0.6 is 11.8 Å². The first kappa shape index (κ1) is 23.8. The van der Waals surface area contributed by atoms with E-state index in [0.717, 1.165) is 16.8 Å². The van der Waals surface area contributed by atoms with Crippen LogP contribution in [0.25, 0.3) is 16.7 Å².